The van der Waals surface area contributed by atoms with Gasteiger partial charge in [0.1, 0.15) is 5.60 Å². The fraction of sp³-hybridized carbons (Fsp3) is 0.542. The molecule has 0 saturated carbocycles. The Morgan fingerprint density at radius 2 is 1.77 bits per heavy atom. The number of hydrogen-bond donors (Lipinski definition) is 2. The van der Waals surface area contributed by atoms with Crippen LogP contribution in [0.2, 0.25) is 0 Å². The van der Waals surface area contributed by atoms with E-state index in [2.05, 4.69) is 19.9 Å². The van der Waals surface area contributed by atoms with E-state index in [1.54, 1.807) is 23.2 Å². The SMILES string of the molecule is CC(=O)Nc1ccc(-c2cnc(N3CCN(C(=O)OC(C)(C)C)CC3)s2)c([S+]([O-])NC(C)(C)C)c1. The summed E-state index contributed by atoms with van der Waals surface area (Å²) in [6, 6.07) is 5.40. The van der Waals surface area contributed by atoms with Gasteiger partial charge in [0, 0.05) is 51.1 Å². The van der Waals surface area contributed by atoms with Crippen LogP contribution in [-0.2, 0) is 20.9 Å². The number of amides is 2. The van der Waals surface area contributed by atoms with Crippen LogP contribution in [0, 0.1) is 0 Å². The van der Waals surface area contributed by atoms with Gasteiger partial charge < -0.3 is 24.4 Å². The topological polar surface area (TPSA) is 110 Å². The van der Waals surface area contributed by atoms with Crippen LogP contribution in [0.1, 0.15) is 48.5 Å². The van der Waals surface area contributed by atoms with Gasteiger partial charge in [0.25, 0.3) is 0 Å². The van der Waals surface area contributed by atoms with Crippen molar-refractivity contribution in [3.63, 3.8) is 0 Å². The molecule has 192 valence electrons. The van der Waals surface area contributed by atoms with Gasteiger partial charge in [0.05, 0.1) is 27.3 Å². The van der Waals surface area contributed by atoms with E-state index in [9.17, 15) is 14.1 Å². The zero-order valence-corrected chi connectivity index (χ0v) is 23.1. The number of piperazine rings is 1. The van der Waals surface area contributed by atoms with E-state index < -0.39 is 17.0 Å². The predicted molar refractivity (Wildman–Crippen MR) is 141 cm³/mol. The van der Waals surface area contributed by atoms with Gasteiger partial charge in [-0.1, -0.05) is 11.3 Å². The largest absolute Gasteiger partial charge is 0.593 e. The first-order valence-corrected chi connectivity index (χ1v) is 13.5. The van der Waals surface area contributed by atoms with Crippen LogP contribution >= 0.6 is 11.3 Å². The Labute approximate surface area is 214 Å². The van der Waals surface area contributed by atoms with Crippen LogP contribution in [0.4, 0.5) is 15.6 Å². The maximum atomic E-state index is 13.2. The van der Waals surface area contributed by atoms with Gasteiger partial charge in [-0.15, -0.1) is 4.72 Å². The summed E-state index contributed by atoms with van der Waals surface area (Å²) in [7, 11) is 0. The van der Waals surface area contributed by atoms with Crippen molar-refractivity contribution in [1.82, 2.24) is 14.6 Å². The first-order valence-electron chi connectivity index (χ1n) is 11.5. The maximum Gasteiger partial charge on any atom is 0.410 e. The predicted octanol–water partition coefficient (Wildman–Crippen LogP) is 4.24. The average Bonchev–Trinajstić information content (AvgIpc) is 3.21. The molecule has 1 fully saturated rings. The number of thiazole rings is 1. The van der Waals surface area contributed by atoms with Gasteiger partial charge in [-0.3, -0.25) is 4.79 Å². The molecule has 2 amide bonds. The van der Waals surface area contributed by atoms with Crippen LogP contribution in [0.15, 0.2) is 29.3 Å². The Morgan fingerprint density at radius 1 is 1.11 bits per heavy atom. The normalized spacial score (nSPS) is 15.7. The van der Waals surface area contributed by atoms with Crippen LogP contribution in [0.5, 0.6) is 0 Å². The summed E-state index contributed by atoms with van der Waals surface area (Å²) in [5.74, 6) is -0.191. The number of nitrogens with one attached hydrogen (secondary N) is 2. The van der Waals surface area contributed by atoms with Gasteiger partial charge in [0.15, 0.2) is 10.0 Å². The number of nitrogens with zero attached hydrogens (tertiary/aromatic N) is 3. The second-order valence-corrected chi connectivity index (χ2v) is 12.7. The summed E-state index contributed by atoms with van der Waals surface area (Å²) < 4.78 is 21.8. The molecule has 0 bridgehead atoms. The molecule has 1 aromatic carbocycles. The number of carbonyl (C=O) groups excluding carboxylic acids is 2. The number of carbonyl (C=O) groups is 2. The lowest BCUT2D eigenvalue weighted by Gasteiger charge is -2.35. The fourth-order valence-electron chi connectivity index (χ4n) is 3.44. The lowest BCUT2D eigenvalue weighted by atomic mass is 10.1. The third-order valence-corrected chi connectivity index (χ3v) is 7.49. The molecule has 2 N–H and O–H groups in total. The molecule has 35 heavy (non-hydrogen) atoms. The number of rotatable bonds is 5. The highest BCUT2D eigenvalue weighted by Crippen LogP contribution is 2.37. The summed E-state index contributed by atoms with van der Waals surface area (Å²) in [5, 5.41) is 3.60. The van der Waals surface area contributed by atoms with E-state index in [0.717, 1.165) is 15.6 Å². The van der Waals surface area contributed by atoms with E-state index in [-0.39, 0.29) is 17.5 Å². The Balaban J connectivity index is 1.78. The van der Waals surface area contributed by atoms with Crippen molar-refractivity contribution >= 4 is 45.5 Å². The molecule has 1 aliphatic heterocycles. The number of anilines is 2. The van der Waals surface area contributed by atoms with Gasteiger partial charge in [-0.2, -0.15) is 0 Å². The number of aromatic nitrogens is 1. The molecule has 0 spiro atoms. The summed E-state index contributed by atoms with van der Waals surface area (Å²) >= 11 is 0.0138. The van der Waals surface area contributed by atoms with Crippen LogP contribution in [-0.4, -0.2) is 63.8 Å². The first-order chi connectivity index (χ1) is 16.2. The minimum Gasteiger partial charge on any atom is -0.593 e. The second-order valence-electron chi connectivity index (χ2n) is 10.5. The molecule has 9 nitrogen and oxygen atoms in total. The van der Waals surface area contributed by atoms with Crippen molar-refractivity contribution in [3.8, 4) is 10.4 Å². The summed E-state index contributed by atoms with van der Waals surface area (Å²) in [5.41, 5.74) is 0.500. The van der Waals surface area contributed by atoms with Crippen molar-refractivity contribution < 1.29 is 18.9 Å². The van der Waals surface area contributed by atoms with E-state index in [0.29, 0.717) is 36.8 Å². The Bertz CT molecular complexity index is 1050. The second kappa shape index (κ2) is 10.7. The molecule has 1 saturated heterocycles. The summed E-state index contributed by atoms with van der Waals surface area (Å²) in [6.07, 6.45) is 1.49. The quantitative estimate of drug-likeness (QED) is 0.567. The molecule has 2 heterocycles. The third-order valence-electron chi connectivity index (χ3n) is 4.86. The smallest absolute Gasteiger partial charge is 0.410 e. The van der Waals surface area contributed by atoms with Crippen molar-refractivity contribution in [2.24, 2.45) is 0 Å². The fourth-order valence-corrected chi connectivity index (χ4v) is 5.79. The highest BCUT2D eigenvalue weighted by Gasteiger charge is 2.29. The lowest BCUT2D eigenvalue weighted by molar-refractivity contribution is -0.114. The van der Waals surface area contributed by atoms with Gasteiger partial charge in [-0.05, 0) is 53.7 Å². The molecule has 3 rings (SSSR count). The van der Waals surface area contributed by atoms with Gasteiger partial charge in [-0.25, -0.2) is 9.78 Å². The molecular formula is C24H35N5O4S2. The molecule has 11 heteroatoms. The van der Waals surface area contributed by atoms with Crippen molar-refractivity contribution in [2.75, 3.05) is 36.4 Å². The van der Waals surface area contributed by atoms with Crippen molar-refractivity contribution in [1.29, 1.82) is 0 Å². The van der Waals surface area contributed by atoms with Crippen molar-refractivity contribution in [3.05, 3.63) is 24.4 Å². The Morgan fingerprint density at radius 3 is 2.34 bits per heavy atom. The Hall–Kier alpha value is -2.34. The molecular weight excluding hydrogens is 486 g/mol. The zero-order chi connectivity index (χ0) is 26.0. The zero-order valence-electron chi connectivity index (χ0n) is 21.4. The lowest BCUT2D eigenvalue weighted by Crippen LogP contribution is -2.50. The molecule has 1 aliphatic rings. The number of hydrogen-bond acceptors (Lipinski definition) is 8. The molecule has 0 radical (unpaired) electrons. The molecule has 1 atom stereocenters. The van der Waals surface area contributed by atoms with Crippen LogP contribution in [0.25, 0.3) is 10.4 Å². The summed E-state index contributed by atoms with van der Waals surface area (Å²) in [6.45, 7) is 15.3. The third kappa shape index (κ3) is 7.83. The van der Waals surface area contributed by atoms with Gasteiger partial charge in [0.2, 0.25) is 5.91 Å². The maximum absolute atomic E-state index is 13.2. The van der Waals surface area contributed by atoms with Crippen LogP contribution in [0.3, 0.4) is 0 Å². The molecule has 0 aliphatic carbocycles. The summed E-state index contributed by atoms with van der Waals surface area (Å²) in [4.78, 5) is 33.8. The number of benzene rings is 1. The van der Waals surface area contributed by atoms with E-state index >= 15 is 0 Å². The highest BCUT2D eigenvalue weighted by atomic mass is 32.2. The monoisotopic (exact) mass is 521 g/mol. The van der Waals surface area contributed by atoms with E-state index in [1.807, 2.05) is 47.6 Å². The highest BCUT2D eigenvalue weighted by molar-refractivity contribution is 7.89. The minimum atomic E-state index is -1.50. The minimum absolute atomic E-state index is 0.191. The van der Waals surface area contributed by atoms with Crippen molar-refractivity contribution in [2.45, 2.75) is 64.5 Å². The average molecular weight is 522 g/mol. The number of ether oxygens (including phenoxy) is 1. The first kappa shape index (κ1) is 27.3. The van der Waals surface area contributed by atoms with Crippen LogP contribution < -0.4 is 14.9 Å². The molecule has 1 unspecified atom stereocenters. The van der Waals surface area contributed by atoms with E-state index in [1.165, 1.54) is 18.3 Å². The van der Waals surface area contributed by atoms with Gasteiger partial charge >= 0.3 is 6.09 Å². The molecule has 1 aromatic heterocycles. The van der Waals surface area contributed by atoms with E-state index in [4.69, 9.17) is 4.74 Å². The molecule has 2 aromatic rings. The standard InChI is InChI=1S/C24H35N5O4S2/c1-16(30)26-17-8-9-18(20(14-17)35(32)27-23(2,3)4)19-15-25-21(34-19)28-10-12-29(13-11-28)22(31)33-24(5,6)7/h8-9,14-15,27H,10-13H2,1-7H3,(H,26,30). The Kier molecular flexibility index (Phi) is 8.36.